The second-order valence-corrected chi connectivity index (χ2v) is 6.37. The fourth-order valence-corrected chi connectivity index (χ4v) is 4.17. The minimum atomic E-state index is -0.442. The Morgan fingerprint density at radius 2 is 1.86 bits per heavy atom. The minimum absolute atomic E-state index is 0.208. The molecule has 21 heavy (non-hydrogen) atoms. The number of aryl methyl sites for hydroxylation is 1. The summed E-state index contributed by atoms with van der Waals surface area (Å²) in [5, 5.41) is 10.6. The first kappa shape index (κ1) is 13.0. The lowest BCUT2D eigenvalue weighted by atomic mass is 9.92. The molecular formula is C19H19FO. The van der Waals surface area contributed by atoms with Crippen LogP contribution in [0.25, 0.3) is 0 Å². The molecule has 0 radical (unpaired) electrons. The van der Waals surface area contributed by atoms with Crippen molar-refractivity contribution in [3.8, 4) is 0 Å². The Labute approximate surface area is 124 Å². The topological polar surface area (TPSA) is 20.2 Å². The van der Waals surface area contributed by atoms with Crippen LogP contribution < -0.4 is 0 Å². The Morgan fingerprint density at radius 3 is 2.71 bits per heavy atom. The van der Waals surface area contributed by atoms with Crippen LogP contribution in [0.15, 0.2) is 48.5 Å². The van der Waals surface area contributed by atoms with Gasteiger partial charge in [-0.15, -0.1) is 0 Å². The summed E-state index contributed by atoms with van der Waals surface area (Å²) in [5.41, 5.74) is 3.47. The molecule has 0 bridgehead atoms. The average Bonchev–Trinajstić information content (AvgIpc) is 3.24. The maximum Gasteiger partial charge on any atom is 0.126 e. The molecule has 2 aliphatic carbocycles. The van der Waals surface area contributed by atoms with Gasteiger partial charge in [-0.05, 0) is 53.4 Å². The van der Waals surface area contributed by atoms with Gasteiger partial charge in [0, 0.05) is 6.42 Å². The van der Waals surface area contributed by atoms with Crippen LogP contribution in [0, 0.1) is 17.7 Å². The van der Waals surface area contributed by atoms with Crippen molar-refractivity contribution in [1.29, 1.82) is 0 Å². The predicted octanol–water partition coefficient (Wildman–Crippen LogP) is 3.71. The number of hydrogen-bond acceptors (Lipinski definition) is 1. The van der Waals surface area contributed by atoms with Crippen LogP contribution in [0.5, 0.6) is 0 Å². The Bertz CT molecular complexity index is 666. The molecule has 0 aliphatic heterocycles. The monoisotopic (exact) mass is 282 g/mol. The number of benzene rings is 2. The lowest BCUT2D eigenvalue weighted by molar-refractivity contribution is 0.142. The van der Waals surface area contributed by atoms with Gasteiger partial charge in [0.25, 0.3) is 0 Å². The fourth-order valence-electron chi connectivity index (χ4n) is 4.17. The molecule has 1 saturated carbocycles. The molecular weight excluding hydrogens is 263 g/mol. The van der Waals surface area contributed by atoms with E-state index in [1.54, 1.807) is 12.1 Å². The molecule has 1 fully saturated rings. The van der Waals surface area contributed by atoms with Gasteiger partial charge >= 0.3 is 0 Å². The first-order valence-corrected chi connectivity index (χ1v) is 7.75. The maximum absolute atomic E-state index is 13.7. The van der Waals surface area contributed by atoms with Gasteiger partial charge in [-0.1, -0.05) is 42.5 Å². The van der Waals surface area contributed by atoms with Gasteiger partial charge in [0.05, 0.1) is 6.10 Å². The zero-order valence-corrected chi connectivity index (χ0v) is 11.9. The van der Waals surface area contributed by atoms with Crippen molar-refractivity contribution in [3.05, 3.63) is 71.0 Å². The van der Waals surface area contributed by atoms with Crippen molar-refractivity contribution < 1.29 is 9.50 Å². The van der Waals surface area contributed by atoms with Crippen molar-refractivity contribution in [3.63, 3.8) is 0 Å². The Kier molecular flexibility index (Phi) is 3.07. The highest BCUT2D eigenvalue weighted by atomic mass is 19.1. The highest BCUT2D eigenvalue weighted by Crippen LogP contribution is 2.61. The van der Waals surface area contributed by atoms with Gasteiger partial charge in [0.15, 0.2) is 0 Å². The van der Waals surface area contributed by atoms with Gasteiger partial charge in [-0.2, -0.15) is 0 Å². The minimum Gasteiger partial charge on any atom is -0.392 e. The summed E-state index contributed by atoms with van der Waals surface area (Å²) in [6, 6.07) is 15.3. The molecule has 108 valence electrons. The van der Waals surface area contributed by atoms with E-state index in [-0.39, 0.29) is 5.82 Å². The molecule has 4 atom stereocenters. The highest BCUT2D eigenvalue weighted by Gasteiger charge is 2.55. The summed E-state index contributed by atoms with van der Waals surface area (Å²) in [7, 11) is 0. The van der Waals surface area contributed by atoms with E-state index in [0.717, 1.165) is 12.8 Å². The van der Waals surface area contributed by atoms with Crippen molar-refractivity contribution in [2.75, 3.05) is 0 Å². The summed E-state index contributed by atoms with van der Waals surface area (Å²) in [6.07, 6.45) is 2.25. The van der Waals surface area contributed by atoms with Crippen LogP contribution in [-0.2, 0) is 12.8 Å². The first-order valence-electron chi connectivity index (χ1n) is 7.75. The van der Waals surface area contributed by atoms with E-state index in [1.807, 2.05) is 6.07 Å². The largest absolute Gasteiger partial charge is 0.392 e. The molecule has 2 aromatic rings. The lowest BCUT2D eigenvalue weighted by Crippen LogP contribution is -2.15. The average molecular weight is 282 g/mol. The quantitative estimate of drug-likeness (QED) is 0.910. The van der Waals surface area contributed by atoms with Gasteiger partial charge in [-0.3, -0.25) is 0 Å². The maximum atomic E-state index is 13.7. The van der Waals surface area contributed by atoms with E-state index >= 15 is 0 Å². The number of rotatable bonds is 3. The third kappa shape index (κ3) is 2.18. The lowest BCUT2D eigenvalue weighted by Gasteiger charge is -2.13. The van der Waals surface area contributed by atoms with Gasteiger partial charge in [0.2, 0.25) is 0 Å². The predicted molar refractivity (Wildman–Crippen MR) is 80.6 cm³/mol. The number of halogens is 1. The van der Waals surface area contributed by atoms with E-state index in [0.29, 0.717) is 29.7 Å². The van der Waals surface area contributed by atoms with Crippen molar-refractivity contribution >= 4 is 0 Å². The first-order chi connectivity index (χ1) is 10.3. The molecule has 4 unspecified atom stereocenters. The van der Waals surface area contributed by atoms with E-state index in [9.17, 15) is 9.50 Å². The molecule has 4 rings (SSSR count). The van der Waals surface area contributed by atoms with Crippen LogP contribution >= 0.6 is 0 Å². The third-order valence-corrected chi connectivity index (χ3v) is 5.22. The van der Waals surface area contributed by atoms with E-state index < -0.39 is 6.10 Å². The van der Waals surface area contributed by atoms with Gasteiger partial charge < -0.3 is 5.11 Å². The van der Waals surface area contributed by atoms with Crippen LogP contribution in [0.3, 0.4) is 0 Å². The van der Waals surface area contributed by atoms with Crippen molar-refractivity contribution in [2.45, 2.75) is 31.3 Å². The zero-order chi connectivity index (χ0) is 14.4. The van der Waals surface area contributed by atoms with Crippen LogP contribution in [0.2, 0.25) is 0 Å². The van der Waals surface area contributed by atoms with E-state index in [4.69, 9.17) is 0 Å². The van der Waals surface area contributed by atoms with Crippen LogP contribution in [0.1, 0.15) is 29.0 Å². The number of hydrogen-bond donors (Lipinski definition) is 1. The molecule has 0 amide bonds. The number of fused-ring (bicyclic) bond motifs is 3. The second kappa shape index (κ2) is 4.96. The molecule has 2 aromatic carbocycles. The van der Waals surface area contributed by atoms with Crippen LogP contribution in [-0.4, -0.2) is 11.2 Å². The Hall–Kier alpha value is -1.67. The molecule has 0 spiro atoms. The van der Waals surface area contributed by atoms with Gasteiger partial charge in [-0.25, -0.2) is 4.39 Å². The van der Waals surface area contributed by atoms with Crippen LogP contribution in [0.4, 0.5) is 4.39 Å². The Balaban J connectivity index is 1.53. The van der Waals surface area contributed by atoms with Crippen molar-refractivity contribution in [2.24, 2.45) is 11.8 Å². The molecule has 2 heteroatoms. The molecule has 0 heterocycles. The molecule has 2 aliphatic rings. The third-order valence-electron chi connectivity index (χ3n) is 5.22. The molecule has 1 nitrogen and oxygen atoms in total. The summed E-state index contributed by atoms with van der Waals surface area (Å²) in [6.45, 7) is 0. The number of aliphatic hydroxyl groups is 1. The summed E-state index contributed by atoms with van der Waals surface area (Å²) >= 11 is 0. The smallest absolute Gasteiger partial charge is 0.126 e. The van der Waals surface area contributed by atoms with Crippen molar-refractivity contribution in [1.82, 2.24) is 0 Å². The fraction of sp³-hybridized carbons (Fsp3) is 0.368. The highest BCUT2D eigenvalue weighted by molar-refractivity contribution is 5.40. The van der Waals surface area contributed by atoms with Gasteiger partial charge in [0.1, 0.15) is 5.82 Å². The summed E-state index contributed by atoms with van der Waals surface area (Å²) < 4.78 is 13.7. The van der Waals surface area contributed by atoms with E-state index in [1.165, 1.54) is 17.2 Å². The molecule has 1 N–H and O–H groups in total. The normalized spacial score (nSPS) is 27.6. The van der Waals surface area contributed by atoms with E-state index in [2.05, 4.69) is 24.3 Å². The molecule has 0 saturated heterocycles. The standard InChI is InChI=1S/C19H19FO/c20-16-8-4-2-6-13(16)11-17(21)19-15-10-9-12-5-1-3-7-14(12)18(15)19/h1-8,15,17-19,21H,9-11H2. The second-order valence-electron chi connectivity index (χ2n) is 6.37. The SMILES string of the molecule is OC(Cc1ccccc1F)C1C2CCc3ccccc3C21. The Morgan fingerprint density at radius 1 is 1.10 bits per heavy atom. The zero-order valence-electron chi connectivity index (χ0n) is 11.9. The number of aliphatic hydroxyl groups excluding tert-OH is 1. The summed E-state index contributed by atoms with van der Waals surface area (Å²) in [5.74, 6) is 1.16. The molecule has 0 aromatic heterocycles. The summed E-state index contributed by atoms with van der Waals surface area (Å²) in [4.78, 5) is 0.